The Bertz CT molecular complexity index is 819. The maximum Gasteiger partial charge on any atom is 0.278 e. The van der Waals surface area contributed by atoms with Crippen molar-refractivity contribution in [3.63, 3.8) is 0 Å². The third-order valence-electron chi connectivity index (χ3n) is 3.79. The average molecular weight is 298 g/mol. The third-order valence-corrected chi connectivity index (χ3v) is 4.63. The number of carbonyl (C=O) groups is 1. The van der Waals surface area contributed by atoms with Crippen molar-refractivity contribution in [2.45, 2.75) is 26.3 Å². The average Bonchev–Trinajstić information content (AvgIpc) is 3.07. The van der Waals surface area contributed by atoms with E-state index in [-0.39, 0.29) is 11.9 Å². The Kier molecular flexibility index (Phi) is 2.62. The van der Waals surface area contributed by atoms with Gasteiger partial charge in [0.1, 0.15) is 10.7 Å². The molecule has 2 aromatic heterocycles. The van der Waals surface area contributed by atoms with Gasteiger partial charge < -0.3 is 4.90 Å². The summed E-state index contributed by atoms with van der Waals surface area (Å²) in [6.45, 7) is 4.00. The van der Waals surface area contributed by atoms with Gasteiger partial charge in [0.2, 0.25) is 4.96 Å². The van der Waals surface area contributed by atoms with E-state index in [1.807, 2.05) is 30.0 Å². The second kappa shape index (κ2) is 4.39. The van der Waals surface area contributed by atoms with Gasteiger partial charge in [-0.2, -0.15) is 5.10 Å². The summed E-state index contributed by atoms with van der Waals surface area (Å²) < 4.78 is 1.68. The molecule has 3 aromatic rings. The predicted octanol–water partition coefficient (Wildman–Crippen LogP) is 2.69. The zero-order valence-electron chi connectivity index (χ0n) is 11.8. The molecule has 0 aliphatic carbocycles. The fourth-order valence-corrected chi connectivity index (χ4v) is 3.63. The SMILES string of the molecule is Cc1nn2cc(C(=O)N3c4ccccc4CC3C)nc2s1. The van der Waals surface area contributed by atoms with Gasteiger partial charge in [0, 0.05) is 11.7 Å². The van der Waals surface area contributed by atoms with Gasteiger partial charge in [-0.05, 0) is 31.9 Å². The van der Waals surface area contributed by atoms with Gasteiger partial charge in [-0.1, -0.05) is 29.5 Å². The third kappa shape index (κ3) is 1.86. The lowest BCUT2D eigenvalue weighted by Crippen LogP contribution is -2.35. The number of imidazole rings is 1. The molecule has 4 rings (SSSR count). The zero-order valence-corrected chi connectivity index (χ0v) is 12.6. The number of hydrogen-bond donors (Lipinski definition) is 0. The van der Waals surface area contributed by atoms with Crippen LogP contribution in [0.1, 0.15) is 28.0 Å². The quantitative estimate of drug-likeness (QED) is 0.694. The lowest BCUT2D eigenvalue weighted by molar-refractivity contribution is 0.0977. The number of anilines is 1. The molecule has 0 radical (unpaired) electrons. The summed E-state index contributed by atoms with van der Waals surface area (Å²) in [4.78, 5) is 19.8. The molecule has 21 heavy (non-hydrogen) atoms. The molecule has 3 heterocycles. The molecule has 1 unspecified atom stereocenters. The molecule has 0 bridgehead atoms. The molecule has 0 fully saturated rings. The van der Waals surface area contributed by atoms with Crippen LogP contribution < -0.4 is 4.90 Å². The van der Waals surface area contributed by atoms with Crippen LogP contribution in [0.25, 0.3) is 4.96 Å². The molecule has 1 aromatic carbocycles. The van der Waals surface area contributed by atoms with Crippen molar-refractivity contribution in [1.82, 2.24) is 14.6 Å². The first kappa shape index (κ1) is 12.5. The van der Waals surface area contributed by atoms with Crippen LogP contribution in [0.15, 0.2) is 30.5 Å². The van der Waals surface area contributed by atoms with E-state index < -0.39 is 0 Å². The van der Waals surface area contributed by atoms with E-state index in [4.69, 9.17) is 0 Å². The maximum absolute atomic E-state index is 12.8. The molecule has 0 spiro atoms. The zero-order chi connectivity index (χ0) is 14.6. The normalized spacial score (nSPS) is 17.4. The van der Waals surface area contributed by atoms with Crippen LogP contribution in [0.3, 0.4) is 0 Å². The van der Waals surface area contributed by atoms with Crippen LogP contribution in [0.5, 0.6) is 0 Å². The van der Waals surface area contributed by atoms with E-state index in [2.05, 4.69) is 23.1 Å². The van der Waals surface area contributed by atoms with Crippen LogP contribution in [-0.4, -0.2) is 26.5 Å². The van der Waals surface area contributed by atoms with Crippen molar-refractivity contribution in [1.29, 1.82) is 0 Å². The molecule has 0 N–H and O–H groups in total. The summed E-state index contributed by atoms with van der Waals surface area (Å²) >= 11 is 1.49. The second-order valence-corrected chi connectivity index (χ2v) is 6.49. The predicted molar refractivity (Wildman–Crippen MR) is 82.0 cm³/mol. The monoisotopic (exact) mass is 298 g/mol. The Labute approximate surface area is 125 Å². The van der Waals surface area contributed by atoms with E-state index in [0.29, 0.717) is 5.69 Å². The number of para-hydroxylation sites is 1. The largest absolute Gasteiger partial charge is 0.304 e. The number of amides is 1. The van der Waals surface area contributed by atoms with Crippen LogP contribution in [0.2, 0.25) is 0 Å². The highest BCUT2D eigenvalue weighted by Gasteiger charge is 2.32. The Hall–Kier alpha value is -2.21. The van der Waals surface area contributed by atoms with Gasteiger partial charge in [0.25, 0.3) is 5.91 Å². The fourth-order valence-electron chi connectivity index (χ4n) is 2.90. The number of fused-ring (bicyclic) bond motifs is 2. The standard InChI is InChI=1S/C15H14N4OS/c1-9-7-11-5-3-4-6-13(11)19(9)14(20)12-8-18-15(16-12)21-10(2)17-18/h3-6,8-9H,7H2,1-2H3. The van der Waals surface area contributed by atoms with Gasteiger partial charge >= 0.3 is 0 Å². The van der Waals surface area contributed by atoms with Crippen molar-refractivity contribution >= 4 is 27.9 Å². The summed E-state index contributed by atoms with van der Waals surface area (Å²) in [5, 5.41) is 5.25. The topological polar surface area (TPSA) is 50.5 Å². The summed E-state index contributed by atoms with van der Waals surface area (Å²) in [6, 6.07) is 8.21. The van der Waals surface area contributed by atoms with Crippen molar-refractivity contribution in [2.24, 2.45) is 0 Å². The van der Waals surface area contributed by atoms with Gasteiger partial charge in [0.15, 0.2) is 0 Å². The minimum absolute atomic E-state index is 0.0530. The highest BCUT2D eigenvalue weighted by molar-refractivity contribution is 7.16. The van der Waals surface area contributed by atoms with E-state index >= 15 is 0 Å². The molecule has 1 aliphatic rings. The van der Waals surface area contributed by atoms with Crippen molar-refractivity contribution in [3.8, 4) is 0 Å². The first-order chi connectivity index (χ1) is 10.1. The maximum atomic E-state index is 12.8. The number of nitrogens with zero attached hydrogens (tertiary/aromatic N) is 4. The summed E-state index contributed by atoms with van der Waals surface area (Å²) in [6.07, 6.45) is 2.61. The highest BCUT2D eigenvalue weighted by atomic mass is 32.1. The number of benzene rings is 1. The molecule has 1 aliphatic heterocycles. The van der Waals surface area contributed by atoms with Crippen molar-refractivity contribution < 1.29 is 4.79 Å². The minimum atomic E-state index is -0.0530. The number of carbonyl (C=O) groups excluding carboxylic acids is 1. The lowest BCUT2D eigenvalue weighted by atomic mass is 10.1. The van der Waals surface area contributed by atoms with Gasteiger partial charge in [-0.15, -0.1) is 0 Å². The lowest BCUT2D eigenvalue weighted by Gasteiger charge is -2.21. The summed E-state index contributed by atoms with van der Waals surface area (Å²) in [5.74, 6) is -0.0530. The van der Waals surface area contributed by atoms with Crippen molar-refractivity contribution in [2.75, 3.05) is 4.90 Å². The fraction of sp³-hybridized carbons (Fsp3) is 0.267. The van der Waals surface area contributed by atoms with Crippen LogP contribution in [0, 0.1) is 6.92 Å². The molecule has 0 saturated carbocycles. The van der Waals surface area contributed by atoms with Crippen molar-refractivity contribution in [3.05, 3.63) is 46.7 Å². The van der Waals surface area contributed by atoms with E-state index in [0.717, 1.165) is 22.1 Å². The Morgan fingerprint density at radius 3 is 3.00 bits per heavy atom. The van der Waals surface area contributed by atoms with Crippen LogP contribution in [-0.2, 0) is 6.42 Å². The molecule has 106 valence electrons. The number of aryl methyl sites for hydroxylation is 1. The smallest absolute Gasteiger partial charge is 0.278 e. The molecular formula is C15H14N4OS. The number of rotatable bonds is 1. The van der Waals surface area contributed by atoms with Gasteiger partial charge in [0.05, 0.1) is 6.20 Å². The second-order valence-electron chi connectivity index (χ2n) is 5.33. The molecular weight excluding hydrogens is 284 g/mol. The molecule has 1 atom stereocenters. The first-order valence-electron chi connectivity index (χ1n) is 6.88. The summed E-state index contributed by atoms with van der Waals surface area (Å²) in [5.41, 5.74) is 2.67. The molecule has 1 amide bonds. The van der Waals surface area contributed by atoms with Gasteiger partial charge in [-0.3, -0.25) is 4.79 Å². The van der Waals surface area contributed by atoms with E-state index in [1.165, 1.54) is 16.9 Å². The van der Waals surface area contributed by atoms with Crippen LogP contribution in [0.4, 0.5) is 5.69 Å². The minimum Gasteiger partial charge on any atom is -0.304 e. The van der Waals surface area contributed by atoms with E-state index in [9.17, 15) is 4.79 Å². The number of hydrogen-bond acceptors (Lipinski definition) is 4. The Morgan fingerprint density at radius 2 is 2.19 bits per heavy atom. The molecule has 5 nitrogen and oxygen atoms in total. The highest BCUT2D eigenvalue weighted by Crippen LogP contribution is 2.33. The van der Waals surface area contributed by atoms with E-state index in [1.54, 1.807) is 10.7 Å². The van der Waals surface area contributed by atoms with Gasteiger partial charge in [-0.25, -0.2) is 9.50 Å². The summed E-state index contributed by atoms with van der Waals surface area (Å²) in [7, 11) is 0. The van der Waals surface area contributed by atoms with Crippen LogP contribution >= 0.6 is 11.3 Å². The number of aromatic nitrogens is 3. The molecule has 6 heteroatoms. The Balaban J connectivity index is 1.75. The first-order valence-corrected chi connectivity index (χ1v) is 7.69. The Morgan fingerprint density at radius 1 is 1.38 bits per heavy atom. The molecule has 0 saturated heterocycles.